The average Bonchev–Trinajstić information content (AvgIpc) is 3.18. The fourth-order valence-corrected chi connectivity index (χ4v) is 7.96. The lowest BCUT2D eigenvalue weighted by molar-refractivity contribution is -0.298. The Morgan fingerprint density at radius 1 is 0.684 bits per heavy atom. The summed E-state index contributed by atoms with van der Waals surface area (Å²) in [6.45, 7) is 3.37. The van der Waals surface area contributed by atoms with Crippen LogP contribution in [-0.4, -0.2) is 95.4 Å². The largest absolute Gasteiger partial charge is 0.397 e. The smallest absolute Gasteiger partial charge is 0.394 e. The Bertz CT molecular complexity index is 1080. The summed E-state index contributed by atoms with van der Waals surface area (Å²) in [5.74, 6) is -0.261. The molecule has 1 rings (SSSR count). The Hall–Kier alpha value is -1.16. The third-order valence-corrected chi connectivity index (χ3v) is 11.5. The first-order valence-corrected chi connectivity index (χ1v) is 24.4. The zero-order valence-corrected chi connectivity index (χ0v) is 36.7. The van der Waals surface area contributed by atoms with Gasteiger partial charge in [0.05, 0.1) is 25.4 Å². The number of carbonyl (C=O) groups is 1. The van der Waals surface area contributed by atoms with Gasteiger partial charge in [-0.05, 0) is 19.3 Å². The molecule has 1 amide bonds. The van der Waals surface area contributed by atoms with E-state index in [9.17, 15) is 33.6 Å². The van der Waals surface area contributed by atoms with Gasteiger partial charge in [0.2, 0.25) is 5.91 Å². The molecule has 12 nitrogen and oxygen atoms in total. The van der Waals surface area contributed by atoms with Crippen molar-refractivity contribution in [1.29, 1.82) is 0 Å². The van der Waals surface area contributed by atoms with Crippen LogP contribution in [0.3, 0.4) is 0 Å². The minimum absolute atomic E-state index is 0.261. The van der Waals surface area contributed by atoms with Crippen molar-refractivity contribution in [1.82, 2.24) is 5.32 Å². The molecule has 13 heteroatoms. The number of unbranched alkanes of at least 4 members (excludes halogenated alkanes) is 27. The zero-order chi connectivity index (χ0) is 42.0. The summed E-state index contributed by atoms with van der Waals surface area (Å²) in [7, 11) is -5.08. The van der Waals surface area contributed by atoms with Gasteiger partial charge in [-0.3, -0.25) is 9.35 Å². The van der Waals surface area contributed by atoms with Crippen molar-refractivity contribution in [3.8, 4) is 0 Å². The minimum atomic E-state index is -5.08. The van der Waals surface area contributed by atoms with Gasteiger partial charge in [-0.15, -0.1) is 0 Å². The maximum atomic E-state index is 13.0. The third-order valence-electron chi connectivity index (χ3n) is 11.1. The molecule has 0 bridgehead atoms. The lowest BCUT2D eigenvalue weighted by atomic mass is 9.99. The van der Waals surface area contributed by atoms with Crippen LogP contribution in [0.4, 0.5) is 0 Å². The Morgan fingerprint density at radius 2 is 1.11 bits per heavy atom. The first-order chi connectivity index (χ1) is 27.5. The highest BCUT2D eigenvalue weighted by Crippen LogP contribution is 2.26. The van der Waals surface area contributed by atoms with Crippen molar-refractivity contribution in [3.63, 3.8) is 0 Å². The summed E-state index contributed by atoms with van der Waals surface area (Å²) in [6.07, 6.45) is 29.7. The molecule has 0 aliphatic carbocycles. The molecule has 0 aromatic rings. The maximum Gasteiger partial charge on any atom is 0.397 e. The first-order valence-electron chi connectivity index (χ1n) is 23.1. The third kappa shape index (κ3) is 28.9. The summed E-state index contributed by atoms with van der Waals surface area (Å²) >= 11 is 0. The lowest BCUT2D eigenvalue weighted by Gasteiger charge is -2.41. The summed E-state index contributed by atoms with van der Waals surface area (Å²) in [5, 5.41) is 44.6. The quantitative estimate of drug-likeness (QED) is 0.0197. The molecule has 7 atom stereocenters. The molecule has 6 N–H and O–H groups in total. The van der Waals surface area contributed by atoms with Gasteiger partial charge < -0.3 is 35.2 Å². The van der Waals surface area contributed by atoms with Gasteiger partial charge in [-0.25, -0.2) is 4.18 Å². The molecule has 0 aromatic carbocycles. The maximum absolute atomic E-state index is 13.0. The topological polar surface area (TPSA) is 192 Å². The van der Waals surface area contributed by atoms with E-state index in [0.29, 0.717) is 6.42 Å². The number of aliphatic hydroxyl groups is 4. The molecule has 1 fully saturated rings. The van der Waals surface area contributed by atoms with E-state index in [4.69, 9.17) is 14.0 Å². The minimum Gasteiger partial charge on any atom is -0.394 e. The first kappa shape index (κ1) is 53.9. The van der Waals surface area contributed by atoms with Gasteiger partial charge in [-0.1, -0.05) is 193 Å². The highest BCUT2D eigenvalue weighted by molar-refractivity contribution is 7.80. The van der Waals surface area contributed by atoms with Crippen molar-refractivity contribution < 1.29 is 51.8 Å². The highest BCUT2D eigenvalue weighted by atomic mass is 32.3. The second kappa shape index (κ2) is 35.6. The Morgan fingerprint density at radius 3 is 1.53 bits per heavy atom. The van der Waals surface area contributed by atoms with Gasteiger partial charge in [-0.2, -0.15) is 8.42 Å². The molecule has 7 unspecified atom stereocenters. The number of amides is 1. The standard InChI is InChI=1S/C44H85NO11S/c1-3-5-7-9-11-13-15-16-17-18-19-20-21-22-24-26-28-30-32-34-40(48)45-37(38(47)33-31-29-27-25-23-14-12-10-8-6-4-2)36-54-44-42(50)43(56-57(51,52)53)41(49)39(35-46)55-44/h31,33,37-39,41-44,46-47,49-50H,3-30,32,34-36H2,1-2H3,(H,45,48)(H,51,52,53)/b33-31+. The van der Waals surface area contributed by atoms with Gasteiger partial charge in [0.15, 0.2) is 6.29 Å². The molecule has 1 heterocycles. The van der Waals surface area contributed by atoms with E-state index in [1.165, 1.54) is 141 Å². The summed E-state index contributed by atoms with van der Waals surface area (Å²) in [5.41, 5.74) is 0. The van der Waals surface area contributed by atoms with Crippen LogP contribution >= 0.6 is 0 Å². The molecule has 1 aliphatic heterocycles. The monoisotopic (exact) mass is 836 g/mol. The summed E-state index contributed by atoms with van der Waals surface area (Å²) in [4.78, 5) is 13.0. The van der Waals surface area contributed by atoms with Crippen LogP contribution in [0.5, 0.6) is 0 Å². The normalized spacial score (nSPS) is 21.3. The molecule has 338 valence electrons. The molecule has 1 saturated heterocycles. The van der Waals surface area contributed by atoms with Crippen LogP contribution in [0.1, 0.15) is 206 Å². The molecule has 1 aliphatic rings. The van der Waals surface area contributed by atoms with E-state index >= 15 is 0 Å². The Balaban J connectivity index is 2.47. The number of nitrogens with one attached hydrogen (secondary N) is 1. The molecule has 57 heavy (non-hydrogen) atoms. The second-order valence-corrected chi connectivity index (χ2v) is 17.4. The van der Waals surface area contributed by atoms with Crippen molar-refractivity contribution in [2.75, 3.05) is 13.2 Å². The predicted molar refractivity (Wildman–Crippen MR) is 227 cm³/mol. The zero-order valence-electron chi connectivity index (χ0n) is 35.9. The fraction of sp³-hybridized carbons (Fsp3) is 0.932. The molecule has 0 spiro atoms. The summed E-state index contributed by atoms with van der Waals surface area (Å²) in [6, 6.07) is -0.937. The van der Waals surface area contributed by atoms with Gasteiger partial charge in [0.25, 0.3) is 0 Å². The number of aliphatic hydroxyl groups excluding tert-OH is 4. The number of hydrogen-bond donors (Lipinski definition) is 6. The second-order valence-electron chi connectivity index (χ2n) is 16.4. The van der Waals surface area contributed by atoms with E-state index in [1.54, 1.807) is 6.08 Å². The Labute approximate surface area is 347 Å². The van der Waals surface area contributed by atoms with Crippen LogP contribution in [0.25, 0.3) is 0 Å². The fourth-order valence-electron chi connectivity index (χ4n) is 7.45. The molecule has 0 aromatic heterocycles. The lowest BCUT2D eigenvalue weighted by Crippen LogP contribution is -2.61. The van der Waals surface area contributed by atoms with Crippen LogP contribution in [0.2, 0.25) is 0 Å². The molecular weight excluding hydrogens is 751 g/mol. The Kier molecular flexibility index (Phi) is 33.6. The SMILES string of the molecule is CCCCCCCCCCC/C=C/C(O)C(COC1OC(CO)C(O)C(OS(=O)(=O)O)C1O)NC(=O)CCCCCCCCCCCCCCCCCCCCC. The van der Waals surface area contributed by atoms with E-state index in [1.807, 2.05) is 6.08 Å². The van der Waals surface area contributed by atoms with Crippen LogP contribution in [0, 0.1) is 0 Å². The highest BCUT2D eigenvalue weighted by Gasteiger charge is 2.48. The van der Waals surface area contributed by atoms with Gasteiger partial charge in [0, 0.05) is 6.42 Å². The average molecular weight is 836 g/mol. The molecular formula is C44H85NO11S. The van der Waals surface area contributed by atoms with E-state index in [2.05, 4.69) is 23.3 Å². The van der Waals surface area contributed by atoms with Crippen LogP contribution < -0.4 is 5.32 Å². The van der Waals surface area contributed by atoms with Gasteiger partial charge >= 0.3 is 10.4 Å². The predicted octanol–water partition coefficient (Wildman–Crippen LogP) is 8.77. The van der Waals surface area contributed by atoms with Crippen molar-refractivity contribution >= 4 is 16.3 Å². The van der Waals surface area contributed by atoms with Crippen molar-refractivity contribution in [2.45, 2.75) is 249 Å². The van der Waals surface area contributed by atoms with E-state index < -0.39 is 59.9 Å². The van der Waals surface area contributed by atoms with Crippen molar-refractivity contribution in [3.05, 3.63) is 12.2 Å². The van der Waals surface area contributed by atoms with Gasteiger partial charge in [0.1, 0.15) is 24.4 Å². The summed E-state index contributed by atoms with van der Waals surface area (Å²) < 4.78 is 47.5. The number of allylic oxidation sites excluding steroid dienone is 1. The van der Waals surface area contributed by atoms with E-state index in [0.717, 1.165) is 38.5 Å². The van der Waals surface area contributed by atoms with E-state index in [-0.39, 0.29) is 18.9 Å². The number of hydrogen-bond acceptors (Lipinski definition) is 10. The molecule has 0 radical (unpaired) electrons. The van der Waals surface area contributed by atoms with Crippen LogP contribution in [-0.2, 0) is 28.9 Å². The van der Waals surface area contributed by atoms with Crippen molar-refractivity contribution in [2.24, 2.45) is 0 Å². The molecule has 0 saturated carbocycles. The number of rotatable bonds is 39. The number of ether oxygens (including phenoxy) is 2. The van der Waals surface area contributed by atoms with Crippen LogP contribution in [0.15, 0.2) is 12.2 Å². The number of carbonyl (C=O) groups excluding carboxylic acids is 1.